The predicted molar refractivity (Wildman–Crippen MR) is 119 cm³/mol. The average Bonchev–Trinajstić information content (AvgIpc) is 3.32. The average molecular weight is 439 g/mol. The van der Waals surface area contributed by atoms with Gasteiger partial charge in [0, 0.05) is 11.1 Å². The summed E-state index contributed by atoms with van der Waals surface area (Å²) in [6.45, 7) is 3.52. The Bertz CT molecular complexity index is 1230. The van der Waals surface area contributed by atoms with Crippen LogP contribution in [0.25, 0.3) is 10.8 Å². The number of nitrogens with one attached hydrogen (secondary N) is 2. The summed E-state index contributed by atoms with van der Waals surface area (Å²) in [5, 5.41) is 16.1. The quantitative estimate of drug-likeness (QED) is 0.329. The molecule has 9 heteroatoms. The minimum Gasteiger partial charge on any atom is -0.466 e. The van der Waals surface area contributed by atoms with Crippen LogP contribution in [0.3, 0.4) is 0 Å². The highest BCUT2D eigenvalue weighted by molar-refractivity contribution is 8.01. The van der Waals surface area contributed by atoms with Gasteiger partial charge in [0.05, 0.1) is 11.3 Å². The number of aryl methyl sites for hydroxylation is 2. The van der Waals surface area contributed by atoms with Gasteiger partial charge in [-0.05, 0) is 31.4 Å². The van der Waals surface area contributed by atoms with Crippen LogP contribution in [0, 0.1) is 13.8 Å². The Labute approximate surface area is 180 Å². The SMILES string of the molecule is Cc1cc(C(=O)Nc2nnc(SCC(=O)Nc3cccc4ccccc34)s2)c(C)o1. The maximum Gasteiger partial charge on any atom is 0.261 e. The first-order chi connectivity index (χ1) is 14.5. The highest BCUT2D eigenvalue weighted by Gasteiger charge is 2.16. The lowest BCUT2D eigenvalue weighted by Gasteiger charge is -2.08. The summed E-state index contributed by atoms with van der Waals surface area (Å²) in [5.41, 5.74) is 1.24. The molecule has 0 aliphatic rings. The van der Waals surface area contributed by atoms with E-state index < -0.39 is 0 Å². The summed E-state index contributed by atoms with van der Waals surface area (Å²) in [7, 11) is 0. The van der Waals surface area contributed by atoms with E-state index in [0.29, 0.717) is 26.6 Å². The van der Waals surface area contributed by atoms with Crippen molar-refractivity contribution in [3.63, 3.8) is 0 Å². The Hall–Kier alpha value is -3.17. The number of nitrogens with zero attached hydrogens (tertiary/aromatic N) is 2. The lowest BCUT2D eigenvalue weighted by atomic mass is 10.1. The topological polar surface area (TPSA) is 97.1 Å². The molecule has 7 nitrogen and oxygen atoms in total. The number of hydrogen-bond donors (Lipinski definition) is 2. The van der Waals surface area contributed by atoms with Crippen molar-refractivity contribution in [2.75, 3.05) is 16.4 Å². The zero-order valence-electron chi connectivity index (χ0n) is 16.3. The van der Waals surface area contributed by atoms with Crippen molar-refractivity contribution < 1.29 is 14.0 Å². The molecule has 4 aromatic rings. The first-order valence-electron chi connectivity index (χ1n) is 9.12. The van der Waals surface area contributed by atoms with E-state index in [0.717, 1.165) is 16.5 Å². The Morgan fingerprint density at radius 1 is 1.07 bits per heavy atom. The predicted octanol–water partition coefficient (Wildman–Crippen LogP) is 4.88. The largest absolute Gasteiger partial charge is 0.466 e. The smallest absolute Gasteiger partial charge is 0.261 e. The van der Waals surface area contributed by atoms with Crippen molar-refractivity contribution in [2.24, 2.45) is 0 Å². The number of anilines is 2. The third-order valence-corrected chi connectivity index (χ3v) is 6.27. The number of furan rings is 1. The van der Waals surface area contributed by atoms with Gasteiger partial charge in [0.25, 0.3) is 5.91 Å². The monoisotopic (exact) mass is 438 g/mol. The highest BCUT2D eigenvalue weighted by atomic mass is 32.2. The third kappa shape index (κ3) is 4.52. The summed E-state index contributed by atoms with van der Waals surface area (Å²) in [4.78, 5) is 24.7. The van der Waals surface area contributed by atoms with Crippen molar-refractivity contribution in [3.8, 4) is 0 Å². The second-order valence-electron chi connectivity index (χ2n) is 6.52. The molecule has 0 spiro atoms. The molecular formula is C21H18N4O3S2. The number of carbonyl (C=O) groups is 2. The van der Waals surface area contributed by atoms with Gasteiger partial charge in [0.2, 0.25) is 11.0 Å². The fourth-order valence-corrected chi connectivity index (χ4v) is 4.53. The van der Waals surface area contributed by atoms with Crippen LogP contribution in [-0.4, -0.2) is 27.8 Å². The maximum absolute atomic E-state index is 12.4. The minimum absolute atomic E-state index is 0.137. The van der Waals surface area contributed by atoms with E-state index in [-0.39, 0.29) is 17.6 Å². The van der Waals surface area contributed by atoms with Crippen molar-refractivity contribution in [3.05, 3.63) is 65.6 Å². The van der Waals surface area contributed by atoms with Gasteiger partial charge in [-0.2, -0.15) is 0 Å². The Balaban J connectivity index is 1.34. The molecule has 0 saturated heterocycles. The molecule has 0 radical (unpaired) electrons. The first-order valence-corrected chi connectivity index (χ1v) is 10.9. The molecule has 152 valence electrons. The molecule has 30 heavy (non-hydrogen) atoms. The molecule has 0 aliphatic carbocycles. The van der Waals surface area contributed by atoms with Crippen LogP contribution in [-0.2, 0) is 4.79 Å². The van der Waals surface area contributed by atoms with E-state index in [2.05, 4.69) is 20.8 Å². The van der Waals surface area contributed by atoms with Crippen LogP contribution in [0.4, 0.5) is 10.8 Å². The van der Waals surface area contributed by atoms with E-state index in [1.54, 1.807) is 19.9 Å². The summed E-state index contributed by atoms with van der Waals surface area (Å²) >= 11 is 2.48. The third-order valence-electron chi connectivity index (χ3n) is 4.30. The lowest BCUT2D eigenvalue weighted by molar-refractivity contribution is -0.113. The zero-order valence-corrected chi connectivity index (χ0v) is 17.9. The van der Waals surface area contributed by atoms with Gasteiger partial charge < -0.3 is 9.73 Å². The molecule has 4 rings (SSSR count). The lowest BCUT2D eigenvalue weighted by Crippen LogP contribution is -2.14. The van der Waals surface area contributed by atoms with Gasteiger partial charge in [-0.15, -0.1) is 10.2 Å². The van der Waals surface area contributed by atoms with E-state index in [4.69, 9.17) is 4.42 Å². The fraction of sp³-hybridized carbons (Fsp3) is 0.143. The first kappa shape index (κ1) is 20.1. The van der Waals surface area contributed by atoms with Gasteiger partial charge in [-0.25, -0.2) is 0 Å². The summed E-state index contributed by atoms with van der Waals surface area (Å²) in [6.07, 6.45) is 0. The second-order valence-corrected chi connectivity index (χ2v) is 8.72. The molecule has 0 saturated carbocycles. The molecule has 2 aromatic carbocycles. The maximum atomic E-state index is 12.4. The van der Waals surface area contributed by atoms with Crippen LogP contribution >= 0.6 is 23.1 Å². The molecule has 0 atom stereocenters. The summed E-state index contributed by atoms with van der Waals surface area (Å²) in [5.74, 6) is 0.969. The van der Waals surface area contributed by atoms with Crippen molar-refractivity contribution in [1.82, 2.24) is 10.2 Å². The van der Waals surface area contributed by atoms with Gasteiger partial charge >= 0.3 is 0 Å². The summed E-state index contributed by atoms with van der Waals surface area (Å²) < 4.78 is 5.97. The molecule has 0 unspecified atom stereocenters. The zero-order chi connectivity index (χ0) is 21.1. The number of amides is 2. The highest BCUT2D eigenvalue weighted by Crippen LogP contribution is 2.27. The second kappa shape index (κ2) is 8.68. The molecule has 2 amide bonds. The summed E-state index contributed by atoms with van der Waals surface area (Å²) in [6, 6.07) is 15.4. The van der Waals surface area contributed by atoms with Crippen LogP contribution in [0.15, 0.2) is 57.3 Å². The number of thioether (sulfide) groups is 1. The van der Waals surface area contributed by atoms with Gasteiger partial charge in [0.15, 0.2) is 4.34 Å². The van der Waals surface area contributed by atoms with E-state index in [1.807, 2.05) is 42.5 Å². The van der Waals surface area contributed by atoms with E-state index in [9.17, 15) is 9.59 Å². The van der Waals surface area contributed by atoms with Gasteiger partial charge in [-0.3, -0.25) is 14.9 Å². The van der Waals surface area contributed by atoms with Crippen molar-refractivity contribution in [2.45, 2.75) is 18.2 Å². The standard InChI is InChI=1S/C21H18N4O3S2/c1-12-10-16(13(2)28-12)19(27)23-20-24-25-21(30-20)29-11-18(26)22-17-9-5-7-14-6-3-4-8-15(14)17/h3-10H,11H2,1-2H3,(H,22,26)(H,23,24,27). The number of hydrogen-bond acceptors (Lipinski definition) is 7. The molecule has 2 aromatic heterocycles. The van der Waals surface area contributed by atoms with E-state index in [1.165, 1.54) is 23.1 Å². The fourth-order valence-electron chi connectivity index (χ4n) is 2.99. The molecule has 0 aliphatic heterocycles. The molecule has 0 fully saturated rings. The molecule has 2 N–H and O–H groups in total. The van der Waals surface area contributed by atoms with Crippen LogP contribution in [0.2, 0.25) is 0 Å². The van der Waals surface area contributed by atoms with E-state index >= 15 is 0 Å². The van der Waals surface area contributed by atoms with Crippen molar-refractivity contribution in [1.29, 1.82) is 0 Å². The molecule has 2 heterocycles. The Kier molecular flexibility index (Phi) is 5.82. The number of carbonyl (C=O) groups excluding carboxylic acids is 2. The molecular weight excluding hydrogens is 420 g/mol. The van der Waals surface area contributed by atoms with Gasteiger partial charge in [-0.1, -0.05) is 59.5 Å². The minimum atomic E-state index is -0.300. The van der Waals surface area contributed by atoms with Crippen LogP contribution < -0.4 is 10.6 Å². The van der Waals surface area contributed by atoms with Crippen LogP contribution in [0.5, 0.6) is 0 Å². The number of fused-ring (bicyclic) bond motifs is 1. The van der Waals surface area contributed by atoms with Gasteiger partial charge in [0.1, 0.15) is 11.5 Å². The Morgan fingerprint density at radius 2 is 1.87 bits per heavy atom. The number of rotatable bonds is 6. The van der Waals surface area contributed by atoms with Crippen molar-refractivity contribution >= 4 is 56.5 Å². The molecule has 0 bridgehead atoms. The number of benzene rings is 2. The number of aromatic nitrogens is 2. The normalized spacial score (nSPS) is 10.9. The van der Waals surface area contributed by atoms with Crippen LogP contribution in [0.1, 0.15) is 21.9 Å². The Morgan fingerprint density at radius 3 is 2.67 bits per heavy atom.